The van der Waals surface area contributed by atoms with Crippen molar-refractivity contribution < 1.29 is 13.2 Å². The number of nitrogens with zero attached hydrogens (tertiary/aromatic N) is 4. The van der Waals surface area contributed by atoms with Crippen LogP contribution < -0.4 is 10.1 Å². The van der Waals surface area contributed by atoms with E-state index in [2.05, 4.69) is 31.6 Å². The third kappa shape index (κ3) is 3.76. The van der Waals surface area contributed by atoms with Crippen LogP contribution in [0.4, 0.5) is 11.6 Å². The largest absolute Gasteiger partial charge is 0.481 e. The summed E-state index contributed by atoms with van der Waals surface area (Å²) in [6.07, 6.45) is 4.13. The molecule has 0 saturated carbocycles. The van der Waals surface area contributed by atoms with Crippen LogP contribution in [0.5, 0.6) is 5.88 Å². The summed E-state index contributed by atoms with van der Waals surface area (Å²) in [4.78, 5) is 8.52. The fourth-order valence-electron chi connectivity index (χ4n) is 4.19. The lowest BCUT2D eigenvalue weighted by Crippen LogP contribution is -2.05. The van der Waals surface area contributed by atoms with E-state index in [4.69, 9.17) is 4.74 Å². The maximum Gasteiger partial charge on any atom is 0.249 e. The van der Waals surface area contributed by atoms with Crippen LogP contribution in [-0.4, -0.2) is 35.7 Å². The lowest BCUT2D eigenvalue weighted by atomic mass is 9.94. The number of methoxy groups -OCH3 is 1. The number of nitrogens with one attached hydrogen (secondary N) is 2. The van der Waals surface area contributed by atoms with Gasteiger partial charge in [-0.3, -0.25) is 0 Å². The van der Waals surface area contributed by atoms with Crippen molar-refractivity contribution in [2.24, 2.45) is 0 Å². The fourth-order valence-corrected chi connectivity index (χ4v) is 5.30. The summed E-state index contributed by atoms with van der Waals surface area (Å²) in [6, 6.07) is 15.8. The second-order valence-electron chi connectivity index (χ2n) is 7.76. The Balaban J connectivity index is 1.60. The highest BCUT2D eigenvalue weighted by atomic mass is 32.2. The van der Waals surface area contributed by atoms with Crippen molar-refractivity contribution in [2.75, 3.05) is 12.4 Å². The third-order valence-electron chi connectivity index (χ3n) is 5.79. The summed E-state index contributed by atoms with van der Waals surface area (Å²) in [5.41, 5.74) is 4.90. The van der Waals surface area contributed by atoms with Crippen molar-refractivity contribution in [1.29, 1.82) is 5.26 Å². The zero-order valence-electron chi connectivity index (χ0n) is 18.2. The number of H-pyrrole nitrogens is 1. The van der Waals surface area contributed by atoms with Crippen molar-refractivity contribution in [3.8, 4) is 23.1 Å². The Hall–Kier alpha value is -4.23. The normalized spacial score (nSPS) is 12.7. The highest BCUT2D eigenvalue weighted by molar-refractivity contribution is 7.91. The van der Waals surface area contributed by atoms with Crippen LogP contribution in [0.3, 0.4) is 0 Å². The minimum absolute atomic E-state index is 0.121. The number of anilines is 2. The number of aromatic amines is 1. The average molecular weight is 473 g/mol. The number of rotatable bonds is 6. The Morgan fingerprint density at radius 3 is 2.68 bits per heavy atom. The standard InChI is InChI=1S/C24H20N6O3S/c1-33-21-13-15(10-11-26-21)20-12-16(14-25)18-8-5-9-19(18)22(20)27-23-28-24(30-29-23)34(31,32)17-6-3-2-4-7-17/h2-4,6-7,10-13H,5,8-9H2,1H3,(H2,27,28,29,30). The van der Waals surface area contributed by atoms with Gasteiger partial charge in [-0.25, -0.2) is 18.5 Å². The van der Waals surface area contributed by atoms with E-state index in [-0.39, 0.29) is 16.0 Å². The molecule has 0 fully saturated rings. The van der Waals surface area contributed by atoms with Gasteiger partial charge >= 0.3 is 0 Å². The molecule has 0 atom stereocenters. The van der Waals surface area contributed by atoms with Gasteiger partial charge in [0, 0.05) is 17.8 Å². The molecule has 1 aliphatic rings. The SMILES string of the molecule is COc1cc(-c2cc(C#N)c3c(c2Nc2n[nH]c(S(=O)(=O)c4ccccc4)n2)CCC3)ccn1. The van der Waals surface area contributed by atoms with E-state index in [9.17, 15) is 13.7 Å². The van der Waals surface area contributed by atoms with E-state index in [0.717, 1.165) is 47.2 Å². The van der Waals surface area contributed by atoms with Crippen LogP contribution in [0, 0.1) is 11.3 Å². The predicted molar refractivity (Wildman–Crippen MR) is 125 cm³/mol. The first-order valence-corrected chi connectivity index (χ1v) is 12.1. The van der Waals surface area contributed by atoms with Gasteiger partial charge in [0.25, 0.3) is 0 Å². The van der Waals surface area contributed by atoms with Crippen LogP contribution in [0.25, 0.3) is 11.1 Å². The van der Waals surface area contributed by atoms with Crippen molar-refractivity contribution in [3.05, 3.63) is 71.4 Å². The van der Waals surface area contributed by atoms with Crippen LogP contribution in [0.15, 0.2) is 64.8 Å². The smallest absolute Gasteiger partial charge is 0.249 e. The third-order valence-corrected chi connectivity index (χ3v) is 7.37. The molecule has 9 nitrogen and oxygen atoms in total. The van der Waals surface area contributed by atoms with E-state index in [1.165, 1.54) is 19.2 Å². The molecule has 0 bridgehead atoms. The molecule has 0 radical (unpaired) electrons. The Morgan fingerprint density at radius 2 is 1.91 bits per heavy atom. The van der Waals surface area contributed by atoms with Gasteiger partial charge in [-0.1, -0.05) is 18.2 Å². The highest BCUT2D eigenvalue weighted by Crippen LogP contribution is 2.41. The first kappa shape index (κ1) is 21.6. The van der Waals surface area contributed by atoms with Crippen molar-refractivity contribution >= 4 is 21.5 Å². The van der Waals surface area contributed by atoms with Gasteiger partial charge in [-0.2, -0.15) is 10.2 Å². The molecular weight excluding hydrogens is 452 g/mol. The van der Waals surface area contributed by atoms with Crippen LogP contribution >= 0.6 is 0 Å². The van der Waals surface area contributed by atoms with E-state index >= 15 is 0 Å². The van der Waals surface area contributed by atoms with Crippen LogP contribution in [0.1, 0.15) is 23.1 Å². The lowest BCUT2D eigenvalue weighted by Gasteiger charge is -2.17. The topological polar surface area (TPSA) is 134 Å². The number of nitriles is 1. The minimum atomic E-state index is -3.84. The second-order valence-corrected chi connectivity index (χ2v) is 9.63. The zero-order valence-corrected chi connectivity index (χ0v) is 19.1. The number of ether oxygens (including phenoxy) is 1. The van der Waals surface area contributed by atoms with E-state index in [1.54, 1.807) is 30.5 Å². The Kier molecular flexibility index (Phi) is 5.47. The summed E-state index contributed by atoms with van der Waals surface area (Å²) in [5.74, 6) is 0.562. The summed E-state index contributed by atoms with van der Waals surface area (Å²) in [6.45, 7) is 0. The second kappa shape index (κ2) is 8.61. The van der Waals surface area contributed by atoms with E-state index in [1.807, 2.05) is 12.1 Å². The summed E-state index contributed by atoms with van der Waals surface area (Å²) in [7, 11) is -2.30. The molecule has 2 heterocycles. The van der Waals surface area contributed by atoms with Crippen molar-refractivity contribution in [2.45, 2.75) is 29.3 Å². The number of sulfone groups is 1. The molecule has 2 aromatic heterocycles. The van der Waals surface area contributed by atoms with Gasteiger partial charge in [0.2, 0.25) is 26.8 Å². The number of hydrogen-bond acceptors (Lipinski definition) is 8. The van der Waals surface area contributed by atoms with Crippen LogP contribution in [0.2, 0.25) is 0 Å². The Morgan fingerprint density at radius 1 is 1.12 bits per heavy atom. The molecule has 1 aliphatic carbocycles. The highest BCUT2D eigenvalue weighted by Gasteiger charge is 2.26. The molecule has 170 valence electrons. The monoisotopic (exact) mass is 472 g/mol. The van der Waals surface area contributed by atoms with Crippen molar-refractivity contribution in [3.63, 3.8) is 0 Å². The Labute approximate surface area is 196 Å². The van der Waals surface area contributed by atoms with Gasteiger partial charge in [0.05, 0.1) is 29.3 Å². The average Bonchev–Trinajstić information content (AvgIpc) is 3.55. The maximum atomic E-state index is 12.9. The van der Waals surface area contributed by atoms with E-state index < -0.39 is 9.84 Å². The molecule has 0 aliphatic heterocycles. The van der Waals surface area contributed by atoms with Gasteiger partial charge in [-0.15, -0.1) is 5.10 Å². The summed E-state index contributed by atoms with van der Waals surface area (Å²) < 4.78 is 31.1. The quantitative estimate of drug-likeness (QED) is 0.433. The van der Waals surface area contributed by atoms with Gasteiger partial charge in [-0.05, 0) is 60.2 Å². The molecule has 0 amide bonds. The van der Waals surface area contributed by atoms with Gasteiger partial charge in [0.15, 0.2) is 0 Å². The molecule has 34 heavy (non-hydrogen) atoms. The van der Waals surface area contributed by atoms with Crippen molar-refractivity contribution in [1.82, 2.24) is 20.2 Å². The van der Waals surface area contributed by atoms with Gasteiger partial charge < -0.3 is 10.1 Å². The maximum absolute atomic E-state index is 12.9. The molecule has 2 aromatic carbocycles. The number of benzene rings is 2. The predicted octanol–water partition coefficient (Wildman–Crippen LogP) is 3.81. The summed E-state index contributed by atoms with van der Waals surface area (Å²) >= 11 is 0. The zero-order chi connectivity index (χ0) is 23.7. The first-order valence-electron chi connectivity index (χ1n) is 10.6. The fraction of sp³-hybridized carbons (Fsp3) is 0.167. The molecule has 10 heteroatoms. The molecule has 2 N–H and O–H groups in total. The molecule has 0 saturated heterocycles. The number of fused-ring (bicyclic) bond motifs is 1. The van der Waals surface area contributed by atoms with Crippen LogP contribution in [-0.2, 0) is 22.7 Å². The molecule has 5 rings (SSSR count). The van der Waals surface area contributed by atoms with Gasteiger partial charge in [0.1, 0.15) is 0 Å². The minimum Gasteiger partial charge on any atom is -0.481 e. The number of pyridine rings is 1. The molecule has 0 unspecified atom stereocenters. The summed E-state index contributed by atoms with van der Waals surface area (Å²) in [5, 5.41) is 19.4. The number of aromatic nitrogens is 4. The lowest BCUT2D eigenvalue weighted by molar-refractivity contribution is 0.398. The molecule has 0 spiro atoms. The Bertz CT molecular complexity index is 1520. The molecular formula is C24H20N6O3S. The van der Waals surface area contributed by atoms with E-state index in [0.29, 0.717) is 11.4 Å². The number of hydrogen-bond donors (Lipinski definition) is 2. The molecule has 4 aromatic rings. The first-order chi connectivity index (χ1) is 16.5.